The van der Waals surface area contributed by atoms with Gasteiger partial charge in [0.05, 0.1) is 12.0 Å². The van der Waals surface area contributed by atoms with Crippen molar-refractivity contribution in [3.8, 4) is 0 Å². The zero-order valence-corrected chi connectivity index (χ0v) is 11.9. The summed E-state index contributed by atoms with van der Waals surface area (Å²) < 4.78 is 12.9. The number of carbonyl (C=O) groups excluding carboxylic acids is 1. The lowest BCUT2D eigenvalue weighted by Crippen LogP contribution is -2.42. The fraction of sp³-hybridized carbons (Fsp3) is 0.562. The van der Waals surface area contributed by atoms with Gasteiger partial charge in [0.2, 0.25) is 5.91 Å². The van der Waals surface area contributed by atoms with Gasteiger partial charge in [-0.05, 0) is 37.5 Å². The average Bonchev–Trinajstić information content (AvgIpc) is 2.64. The van der Waals surface area contributed by atoms with Crippen molar-refractivity contribution in [1.29, 1.82) is 0 Å². The van der Waals surface area contributed by atoms with E-state index < -0.39 is 0 Å². The number of hydrogen-bond donors (Lipinski definition) is 2. The van der Waals surface area contributed by atoms with Crippen LogP contribution in [-0.2, 0) is 4.79 Å². The monoisotopic (exact) mass is 278 g/mol. The number of amides is 1. The van der Waals surface area contributed by atoms with Crippen molar-refractivity contribution >= 4 is 5.91 Å². The number of carbonyl (C=O) groups is 1. The lowest BCUT2D eigenvalue weighted by molar-refractivity contribution is -0.126. The Morgan fingerprint density at radius 3 is 2.60 bits per heavy atom. The van der Waals surface area contributed by atoms with Gasteiger partial charge >= 0.3 is 0 Å². The van der Waals surface area contributed by atoms with Gasteiger partial charge in [0, 0.05) is 6.04 Å². The summed E-state index contributed by atoms with van der Waals surface area (Å²) in [6.45, 7) is 1.91. The maximum atomic E-state index is 12.9. The lowest BCUT2D eigenvalue weighted by Gasteiger charge is -2.23. The highest BCUT2D eigenvalue weighted by Gasteiger charge is 2.27. The number of hydrogen-bond acceptors (Lipinski definition) is 2. The zero-order chi connectivity index (χ0) is 14.5. The van der Waals surface area contributed by atoms with E-state index in [0.29, 0.717) is 0 Å². The van der Waals surface area contributed by atoms with Crippen LogP contribution in [0.2, 0.25) is 0 Å². The Labute approximate surface area is 119 Å². The standard InChI is InChI=1S/C16H23FN2O/c1-11(12-7-9-13(17)10-8-12)19-16(20)14-5-3-2-4-6-15(14)18/h7-11,14-15H,2-6,18H2,1H3,(H,19,20)/t11-,14?,15?/m1/s1. The van der Waals surface area contributed by atoms with E-state index in [-0.39, 0.29) is 29.7 Å². The van der Waals surface area contributed by atoms with Crippen LogP contribution in [0.15, 0.2) is 24.3 Å². The molecule has 1 fully saturated rings. The molecule has 3 nitrogen and oxygen atoms in total. The number of nitrogens with one attached hydrogen (secondary N) is 1. The first-order chi connectivity index (χ1) is 9.58. The van der Waals surface area contributed by atoms with Crippen molar-refractivity contribution in [3.63, 3.8) is 0 Å². The Kier molecular flexibility index (Phi) is 5.12. The topological polar surface area (TPSA) is 55.1 Å². The molecule has 0 spiro atoms. The van der Waals surface area contributed by atoms with Crippen LogP contribution in [0.5, 0.6) is 0 Å². The molecule has 2 rings (SSSR count). The SMILES string of the molecule is C[C@@H](NC(=O)C1CCCCCC1N)c1ccc(F)cc1. The van der Waals surface area contributed by atoms with Crippen LogP contribution in [0.3, 0.4) is 0 Å². The molecular formula is C16H23FN2O. The molecule has 0 bridgehead atoms. The third-order valence-electron chi connectivity index (χ3n) is 4.13. The van der Waals surface area contributed by atoms with E-state index in [4.69, 9.17) is 5.73 Å². The van der Waals surface area contributed by atoms with Gasteiger partial charge in [0.15, 0.2) is 0 Å². The van der Waals surface area contributed by atoms with E-state index in [1.54, 1.807) is 12.1 Å². The van der Waals surface area contributed by atoms with Crippen LogP contribution in [-0.4, -0.2) is 11.9 Å². The fourth-order valence-electron chi connectivity index (χ4n) is 2.82. The molecule has 0 aliphatic heterocycles. The average molecular weight is 278 g/mol. The maximum Gasteiger partial charge on any atom is 0.225 e. The van der Waals surface area contributed by atoms with Crippen LogP contribution in [0.25, 0.3) is 0 Å². The minimum absolute atomic E-state index is 0.0243. The molecule has 3 N–H and O–H groups in total. The summed E-state index contributed by atoms with van der Waals surface area (Å²) in [5.41, 5.74) is 7.01. The second-order valence-corrected chi connectivity index (χ2v) is 5.69. The molecule has 0 saturated heterocycles. The summed E-state index contributed by atoms with van der Waals surface area (Å²) >= 11 is 0. The van der Waals surface area contributed by atoms with Gasteiger partial charge in [0.1, 0.15) is 5.82 Å². The van der Waals surface area contributed by atoms with Crippen LogP contribution < -0.4 is 11.1 Å². The summed E-state index contributed by atoms with van der Waals surface area (Å²) in [7, 11) is 0. The Balaban J connectivity index is 1.97. The van der Waals surface area contributed by atoms with Gasteiger partial charge in [-0.25, -0.2) is 4.39 Å². The molecule has 110 valence electrons. The number of rotatable bonds is 3. The summed E-state index contributed by atoms with van der Waals surface area (Å²) in [5.74, 6) is -0.338. The van der Waals surface area contributed by atoms with Crippen LogP contribution in [0.4, 0.5) is 4.39 Å². The molecule has 0 heterocycles. The summed E-state index contributed by atoms with van der Waals surface area (Å²) in [6, 6.07) is 6.06. The largest absolute Gasteiger partial charge is 0.349 e. The predicted octanol–water partition coefficient (Wildman–Crippen LogP) is 2.91. The maximum absolute atomic E-state index is 12.9. The highest BCUT2D eigenvalue weighted by Crippen LogP contribution is 2.23. The molecule has 1 aliphatic rings. The molecule has 3 atom stereocenters. The zero-order valence-electron chi connectivity index (χ0n) is 11.9. The third-order valence-corrected chi connectivity index (χ3v) is 4.13. The van der Waals surface area contributed by atoms with E-state index in [2.05, 4.69) is 5.32 Å². The van der Waals surface area contributed by atoms with Gasteiger partial charge in [-0.2, -0.15) is 0 Å². The molecular weight excluding hydrogens is 255 g/mol. The Bertz CT molecular complexity index is 446. The van der Waals surface area contributed by atoms with Crippen molar-refractivity contribution in [2.75, 3.05) is 0 Å². The van der Waals surface area contributed by atoms with Crippen molar-refractivity contribution in [3.05, 3.63) is 35.6 Å². The van der Waals surface area contributed by atoms with E-state index >= 15 is 0 Å². The van der Waals surface area contributed by atoms with Crippen LogP contribution in [0, 0.1) is 11.7 Å². The van der Waals surface area contributed by atoms with Crippen molar-refractivity contribution < 1.29 is 9.18 Å². The van der Waals surface area contributed by atoms with Gasteiger partial charge in [0.25, 0.3) is 0 Å². The first-order valence-corrected chi connectivity index (χ1v) is 7.39. The van der Waals surface area contributed by atoms with Gasteiger partial charge in [-0.3, -0.25) is 4.79 Å². The first-order valence-electron chi connectivity index (χ1n) is 7.39. The second-order valence-electron chi connectivity index (χ2n) is 5.69. The molecule has 2 unspecified atom stereocenters. The third kappa shape index (κ3) is 3.79. The molecule has 1 aromatic carbocycles. The van der Waals surface area contributed by atoms with E-state index in [9.17, 15) is 9.18 Å². The highest BCUT2D eigenvalue weighted by molar-refractivity contribution is 5.79. The van der Waals surface area contributed by atoms with E-state index in [1.807, 2.05) is 6.92 Å². The summed E-state index contributed by atoms with van der Waals surface area (Å²) in [5, 5.41) is 3.00. The quantitative estimate of drug-likeness (QED) is 0.835. The van der Waals surface area contributed by atoms with Crippen molar-refractivity contribution in [2.24, 2.45) is 11.7 Å². The van der Waals surface area contributed by atoms with Gasteiger partial charge in [-0.1, -0.05) is 31.4 Å². The number of halogens is 1. The highest BCUT2D eigenvalue weighted by atomic mass is 19.1. The van der Waals surface area contributed by atoms with Crippen molar-refractivity contribution in [1.82, 2.24) is 5.32 Å². The Morgan fingerprint density at radius 2 is 1.90 bits per heavy atom. The van der Waals surface area contributed by atoms with Crippen LogP contribution >= 0.6 is 0 Å². The molecule has 0 aromatic heterocycles. The second kappa shape index (κ2) is 6.84. The minimum Gasteiger partial charge on any atom is -0.349 e. The fourth-order valence-corrected chi connectivity index (χ4v) is 2.82. The van der Waals surface area contributed by atoms with Crippen LogP contribution in [0.1, 0.15) is 50.6 Å². The smallest absolute Gasteiger partial charge is 0.225 e. The molecule has 1 saturated carbocycles. The molecule has 4 heteroatoms. The molecule has 1 aromatic rings. The van der Waals surface area contributed by atoms with Gasteiger partial charge < -0.3 is 11.1 Å². The molecule has 1 aliphatic carbocycles. The number of benzene rings is 1. The Morgan fingerprint density at radius 1 is 1.25 bits per heavy atom. The van der Waals surface area contributed by atoms with E-state index in [0.717, 1.165) is 37.7 Å². The summed E-state index contributed by atoms with van der Waals surface area (Å²) in [6.07, 6.45) is 5.12. The first kappa shape index (κ1) is 15.0. The minimum atomic E-state index is -0.266. The summed E-state index contributed by atoms with van der Waals surface area (Å²) in [4.78, 5) is 12.3. The lowest BCUT2D eigenvalue weighted by atomic mass is 9.94. The van der Waals surface area contributed by atoms with E-state index in [1.165, 1.54) is 12.1 Å². The van der Waals surface area contributed by atoms with Gasteiger partial charge in [-0.15, -0.1) is 0 Å². The molecule has 0 radical (unpaired) electrons. The molecule has 20 heavy (non-hydrogen) atoms. The Hall–Kier alpha value is -1.42. The molecule has 1 amide bonds. The predicted molar refractivity (Wildman–Crippen MR) is 77.5 cm³/mol. The number of nitrogens with two attached hydrogens (primary N) is 1. The van der Waals surface area contributed by atoms with Crippen molar-refractivity contribution in [2.45, 2.75) is 51.1 Å². The normalized spacial score (nSPS) is 24.8.